The predicted octanol–water partition coefficient (Wildman–Crippen LogP) is 1.49. The largest absolute Gasteiger partial charge is 0.364 e. The lowest BCUT2D eigenvalue weighted by molar-refractivity contribution is -0.123. The third kappa shape index (κ3) is 6.75. The summed E-state index contributed by atoms with van der Waals surface area (Å²) in [6.45, 7) is 8.32. The van der Waals surface area contributed by atoms with Gasteiger partial charge in [-0.2, -0.15) is 0 Å². The van der Waals surface area contributed by atoms with E-state index in [1.54, 1.807) is 14.0 Å². The van der Waals surface area contributed by atoms with Gasteiger partial charge in [0.25, 0.3) is 5.91 Å². The maximum Gasteiger partial charge on any atom is 0.271 e. The Morgan fingerprint density at radius 2 is 1.97 bits per heavy atom. The second-order valence-electron chi connectivity index (χ2n) is 8.32. The average molecular weight is 469 g/mol. The number of aryl methyl sites for hydroxylation is 1. The molecule has 0 aliphatic rings. The van der Waals surface area contributed by atoms with Crippen molar-refractivity contribution in [3.05, 3.63) is 41.2 Å². The van der Waals surface area contributed by atoms with Crippen molar-refractivity contribution >= 4 is 39.4 Å². The molecule has 1 aromatic carbocycles. The van der Waals surface area contributed by atoms with Crippen LogP contribution < -0.4 is 26.6 Å². The van der Waals surface area contributed by atoms with E-state index in [0.717, 1.165) is 16.9 Å². The lowest BCUT2D eigenvalue weighted by Crippen LogP contribution is -2.54. The van der Waals surface area contributed by atoms with Crippen LogP contribution in [0.5, 0.6) is 0 Å². The third-order valence-electron chi connectivity index (χ3n) is 5.47. The number of carbonyl (C=O) groups is 2. The lowest BCUT2D eigenvalue weighted by atomic mass is 10.1. The summed E-state index contributed by atoms with van der Waals surface area (Å²) in [7, 11) is 7.06. The number of aromatic nitrogens is 2. The van der Waals surface area contributed by atoms with Crippen LogP contribution in [0.15, 0.2) is 24.3 Å². The fraction of sp³-hybridized carbons (Fsp3) is 0.478. The van der Waals surface area contributed by atoms with Crippen molar-refractivity contribution in [3.63, 3.8) is 0 Å². The van der Waals surface area contributed by atoms with Gasteiger partial charge in [-0.05, 0) is 58.4 Å². The summed E-state index contributed by atoms with van der Waals surface area (Å²) in [5.74, 6) is 0.243. The number of primary amides is 1. The Labute approximate surface area is 199 Å². The average Bonchev–Trinajstić information content (AvgIpc) is 2.78. The standard InChI is InChI=1S/C23H34N7O2Si/c1-7-17-21(30(6)14(2)3)29-20(18(28-17)19(24)31)27-16-10-8-9-15(13-16)11-12-26-22(32)23(4,33)25-5/h8-10,13-14,25H,7,11-12H2,1-6H3,(H2,24,31)(H,26,32)(H,27,29)/t23-/m0/s1. The maximum atomic E-state index is 12.2. The minimum absolute atomic E-state index is 0.105. The first-order valence-corrected chi connectivity index (χ1v) is 11.5. The van der Waals surface area contributed by atoms with Crippen LogP contribution in [-0.4, -0.2) is 63.9 Å². The monoisotopic (exact) mass is 468 g/mol. The fourth-order valence-corrected chi connectivity index (χ4v) is 3.12. The van der Waals surface area contributed by atoms with E-state index in [1.807, 2.05) is 43.1 Å². The summed E-state index contributed by atoms with van der Waals surface area (Å²) in [5.41, 5.74) is 8.19. The highest BCUT2D eigenvalue weighted by molar-refractivity contribution is 6.27. The fourth-order valence-electron chi connectivity index (χ4n) is 3.04. The number of nitrogens with zero attached hydrogens (tertiary/aromatic N) is 3. The summed E-state index contributed by atoms with van der Waals surface area (Å²) in [5, 5.41) is 8.19. The van der Waals surface area contributed by atoms with Gasteiger partial charge in [-0.15, -0.1) is 0 Å². The molecule has 10 heteroatoms. The maximum absolute atomic E-state index is 12.2. The Bertz CT molecular complexity index is 995. The topological polar surface area (TPSA) is 125 Å². The van der Waals surface area contributed by atoms with Crippen LogP contribution in [0.25, 0.3) is 0 Å². The molecule has 0 aliphatic carbocycles. The highest BCUT2D eigenvalue weighted by Crippen LogP contribution is 2.25. The van der Waals surface area contributed by atoms with E-state index in [9.17, 15) is 9.59 Å². The van der Waals surface area contributed by atoms with Crippen LogP contribution in [0, 0.1) is 0 Å². The van der Waals surface area contributed by atoms with Crippen LogP contribution in [0.4, 0.5) is 17.3 Å². The lowest BCUT2D eigenvalue weighted by Gasteiger charge is -2.25. The van der Waals surface area contributed by atoms with E-state index in [2.05, 4.69) is 45.0 Å². The summed E-state index contributed by atoms with van der Waals surface area (Å²) >= 11 is 0. The van der Waals surface area contributed by atoms with Crippen molar-refractivity contribution in [3.8, 4) is 0 Å². The number of rotatable bonds is 11. The second-order valence-corrected chi connectivity index (χ2v) is 9.32. The third-order valence-corrected chi connectivity index (χ3v) is 5.94. The molecule has 2 rings (SSSR count). The number of anilines is 3. The van der Waals surface area contributed by atoms with Gasteiger partial charge >= 0.3 is 0 Å². The molecule has 0 unspecified atom stereocenters. The molecule has 0 bridgehead atoms. The molecular formula is C23H34N7O2Si. The first kappa shape index (κ1) is 26.3. The number of nitrogens with two attached hydrogens (primary N) is 1. The van der Waals surface area contributed by atoms with Gasteiger partial charge in [0.05, 0.1) is 21.1 Å². The molecule has 1 heterocycles. The first-order valence-electron chi connectivity index (χ1n) is 11.0. The van der Waals surface area contributed by atoms with Gasteiger partial charge in [0.1, 0.15) is 0 Å². The quantitative estimate of drug-likeness (QED) is 0.368. The van der Waals surface area contributed by atoms with E-state index in [-0.39, 0.29) is 17.6 Å². The molecule has 33 heavy (non-hydrogen) atoms. The molecule has 1 atom stereocenters. The molecule has 2 amide bonds. The number of benzene rings is 1. The van der Waals surface area contributed by atoms with Crippen molar-refractivity contribution in [2.24, 2.45) is 5.73 Å². The Morgan fingerprint density at radius 3 is 2.55 bits per heavy atom. The molecule has 0 saturated heterocycles. The Morgan fingerprint density at radius 1 is 1.27 bits per heavy atom. The summed E-state index contributed by atoms with van der Waals surface area (Å²) in [6.07, 6.45) is 1.26. The summed E-state index contributed by atoms with van der Waals surface area (Å²) < 4.78 is 0. The van der Waals surface area contributed by atoms with Crippen LogP contribution in [-0.2, 0) is 17.6 Å². The molecule has 5 N–H and O–H groups in total. The van der Waals surface area contributed by atoms with Gasteiger partial charge in [-0.3, -0.25) is 9.59 Å². The summed E-state index contributed by atoms with van der Waals surface area (Å²) in [6, 6.07) is 7.91. The van der Waals surface area contributed by atoms with E-state index in [1.165, 1.54) is 0 Å². The SMILES string of the molecule is CCc1nc(C(N)=O)c(Nc2cccc(CCNC(=O)[C@](C)([Si])NC)c2)nc1N(C)C(C)C. The van der Waals surface area contributed by atoms with Crippen molar-refractivity contribution in [1.82, 2.24) is 20.6 Å². The van der Waals surface area contributed by atoms with Crippen molar-refractivity contribution in [1.29, 1.82) is 0 Å². The predicted molar refractivity (Wildman–Crippen MR) is 133 cm³/mol. The highest BCUT2D eigenvalue weighted by atomic mass is 28.1. The number of hydrogen-bond acceptors (Lipinski definition) is 7. The minimum atomic E-state index is -0.821. The number of carbonyl (C=O) groups excluding carboxylic acids is 2. The molecule has 2 aromatic rings. The van der Waals surface area contributed by atoms with E-state index in [0.29, 0.717) is 31.0 Å². The molecule has 1 aromatic heterocycles. The number of nitrogens with one attached hydrogen (secondary N) is 3. The first-order chi connectivity index (χ1) is 15.5. The Hall–Kier alpha value is -2.98. The zero-order chi connectivity index (χ0) is 24.8. The zero-order valence-electron chi connectivity index (χ0n) is 20.2. The van der Waals surface area contributed by atoms with Gasteiger partial charge in [0, 0.05) is 25.3 Å². The van der Waals surface area contributed by atoms with Crippen molar-refractivity contribution < 1.29 is 9.59 Å². The number of hydrogen-bond donors (Lipinski definition) is 4. The molecule has 177 valence electrons. The van der Waals surface area contributed by atoms with Crippen molar-refractivity contribution in [2.75, 3.05) is 30.9 Å². The molecule has 9 nitrogen and oxygen atoms in total. The molecule has 0 spiro atoms. The van der Waals surface area contributed by atoms with Crippen LogP contribution in [0.1, 0.15) is 49.4 Å². The summed E-state index contributed by atoms with van der Waals surface area (Å²) in [4.78, 5) is 35.5. The molecule has 0 saturated carbocycles. The van der Waals surface area contributed by atoms with Gasteiger partial charge in [-0.25, -0.2) is 9.97 Å². The number of likely N-dealkylation sites (N-methyl/N-ethyl adjacent to an activating group) is 1. The molecule has 0 fully saturated rings. The minimum Gasteiger partial charge on any atom is -0.364 e. The van der Waals surface area contributed by atoms with Crippen LogP contribution >= 0.6 is 0 Å². The van der Waals surface area contributed by atoms with Gasteiger partial charge in [0.2, 0.25) is 5.91 Å². The number of amides is 2. The zero-order valence-corrected chi connectivity index (χ0v) is 21.2. The second kappa shape index (κ2) is 11.2. The van der Waals surface area contributed by atoms with Crippen LogP contribution in [0.3, 0.4) is 0 Å². The van der Waals surface area contributed by atoms with E-state index >= 15 is 0 Å². The van der Waals surface area contributed by atoms with Gasteiger partial charge in [-0.1, -0.05) is 19.1 Å². The smallest absolute Gasteiger partial charge is 0.271 e. The Kier molecular flexibility index (Phi) is 8.95. The van der Waals surface area contributed by atoms with Gasteiger partial charge in [0.15, 0.2) is 17.3 Å². The van der Waals surface area contributed by atoms with Crippen molar-refractivity contribution in [2.45, 2.75) is 51.7 Å². The van der Waals surface area contributed by atoms with E-state index in [4.69, 9.17) is 10.7 Å². The molecule has 3 radical (unpaired) electrons. The molecular weight excluding hydrogens is 434 g/mol. The molecule has 0 aliphatic heterocycles. The van der Waals surface area contributed by atoms with E-state index < -0.39 is 11.1 Å². The Balaban J connectivity index is 2.25. The highest BCUT2D eigenvalue weighted by Gasteiger charge is 2.24. The normalized spacial score (nSPS) is 12.8. The van der Waals surface area contributed by atoms with Crippen LogP contribution in [0.2, 0.25) is 0 Å². The van der Waals surface area contributed by atoms with Gasteiger partial charge < -0.3 is 26.6 Å².